The van der Waals surface area contributed by atoms with E-state index in [0.717, 1.165) is 17.1 Å². The van der Waals surface area contributed by atoms with Gasteiger partial charge in [-0.1, -0.05) is 53.7 Å². The Morgan fingerprint density at radius 2 is 1.63 bits per heavy atom. The van der Waals surface area contributed by atoms with Crippen molar-refractivity contribution in [3.8, 4) is 0 Å². The number of anilines is 1. The summed E-state index contributed by atoms with van der Waals surface area (Å²) in [5.41, 5.74) is 1.47. The van der Waals surface area contributed by atoms with Gasteiger partial charge in [-0.3, -0.25) is 0 Å². The summed E-state index contributed by atoms with van der Waals surface area (Å²) in [6.07, 6.45) is 0. The quantitative estimate of drug-likeness (QED) is 0.825. The van der Waals surface area contributed by atoms with Crippen LogP contribution in [-0.2, 0) is 20.9 Å². The van der Waals surface area contributed by atoms with E-state index in [1.807, 2.05) is 19.1 Å². The van der Waals surface area contributed by atoms with Gasteiger partial charge in [0.25, 0.3) is 0 Å². The van der Waals surface area contributed by atoms with Crippen molar-refractivity contribution in [2.75, 3.05) is 5.32 Å². The van der Waals surface area contributed by atoms with Crippen LogP contribution in [0.1, 0.15) is 71.6 Å². The van der Waals surface area contributed by atoms with Crippen molar-refractivity contribution in [3.05, 3.63) is 47.4 Å². The highest BCUT2D eigenvalue weighted by Gasteiger charge is 2.24. The molecule has 6 nitrogen and oxygen atoms in total. The van der Waals surface area contributed by atoms with E-state index >= 15 is 0 Å². The van der Waals surface area contributed by atoms with Gasteiger partial charge in [0.15, 0.2) is 0 Å². The molecule has 27 heavy (non-hydrogen) atoms. The van der Waals surface area contributed by atoms with E-state index in [9.17, 15) is 8.42 Å². The number of nitrogens with zero attached hydrogens (tertiary/aromatic N) is 2. The van der Waals surface area contributed by atoms with Crippen molar-refractivity contribution in [2.45, 2.75) is 70.2 Å². The topological polar surface area (TPSA) is 98.0 Å². The third-order valence-corrected chi connectivity index (χ3v) is 5.13. The summed E-state index contributed by atoms with van der Waals surface area (Å²) in [7, 11) is -3.74. The number of sulfonamides is 1. The predicted octanol–water partition coefficient (Wildman–Crippen LogP) is 3.89. The van der Waals surface area contributed by atoms with Crippen LogP contribution in [0.4, 0.5) is 5.82 Å². The largest absolute Gasteiger partial charge is 0.363 e. The average Bonchev–Trinajstić information content (AvgIpc) is 2.52. The van der Waals surface area contributed by atoms with Crippen molar-refractivity contribution >= 4 is 15.8 Å². The zero-order chi connectivity index (χ0) is 20.6. The molecule has 1 heterocycles. The molecule has 7 heteroatoms. The number of hydrogen-bond acceptors (Lipinski definition) is 5. The predicted molar refractivity (Wildman–Crippen MR) is 109 cm³/mol. The lowest BCUT2D eigenvalue weighted by molar-refractivity contribution is 0.514. The van der Waals surface area contributed by atoms with Crippen LogP contribution in [-0.4, -0.2) is 18.4 Å². The van der Waals surface area contributed by atoms with Gasteiger partial charge in [0.1, 0.15) is 11.6 Å². The molecule has 0 saturated carbocycles. The van der Waals surface area contributed by atoms with Gasteiger partial charge in [0.2, 0.25) is 10.0 Å². The molecule has 0 bridgehead atoms. The fourth-order valence-corrected chi connectivity index (χ4v) is 3.08. The zero-order valence-electron chi connectivity index (χ0n) is 17.2. The first-order valence-corrected chi connectivity index (χ1v) is 10.5. The van der Waals surface area contributed by atoms with Crippen molar-refractivity contribution in [2.24, 2.45) is 5.14 Å². The van der Waals surface area contributed by atoms with Crippen LogP contribution >= 0.6 is 0 Å². The number of nitrogens with two attached hydrogens (primary N) is 1. The second-order valence-electron chi connectivity index (χ2n) is 8.95. The molecule has 2 rings (SSSR count). The Morgan fingerprint density at radius 3 is 2.15 bits per heavy atom. The summed E-state index contributed by atoms with van der Waals surface area (Å²) in [5.74, 6) is 1.48. The smallest absolute Gasteiger partial charge is 0.238 e. The first kappa shape index (κ1) is 21.3. The minimum Gasteiger partial charge on any atom is -0.363 e. The number of rotatable bonds is 4. The molecule has 0 spiro atoms. The number of aromatic nitrogens is 2. The summed E-state index contributed by atoms with van der Waals surface area (Å²) < 4.78 is 23.2. The lowest BCUT2D eigenvalue weighted by Crippen LogP contribution is -2.23. The van der Waals surface area contributed by atoms with Gasteiger partial charge < -0.3 is 5.32 Å². The van der Waals surface area contributed by atoms with Crippen LogP contribution in [0.5, 0.6) is 0 Å². The van der Waals surface area contributed by atoms with Gasteiger partial charge in [-0.25, -0.2) is 23.5 Å². The molecule has 0 saturated heterocycles. The van der Waals surface area contributed by atoms with Crippen LogP contribution < -0.4 is 10.5 Å². The molecular weight excluding hydrogens is 360 g/mol. The average molecular weight is 391 g/mol. The van der Waals surface area contributed by atoms with Gasteiger partial charge in [-0.15, -0.1) is 0 Å². The van der Waals surface area contributed by atoms with Crippen molar-refractivity contribution in [1.29, 1.82) is 0 Å². The minimum absolute atomic E-state index is 0.0992. The van der Waals surface area contributed by atoms with E-state index in [0.29, 0.717) is 5.82 Å². The first-order chi connectivity index (χ1) is 12.2. The number of benzene rings is 1. The molecule has 148 valence electrons. The zero-order valence-corrected chi connectivity index (χ0v) is 18.0. The Bertz CT molecular complexity index is 893. The highest BCUT2D eigenvalue weighted by molar-refractivity contribution is 7.89. The van der Waals surface area contributed by atoms with Crippen LogP contribution in [0.15, 0.2) is 35.2 Å². The van der Waals surface area contributed by atoms with Crippen LogP contribution in [0.3, 0.4) is 0 Å². The van der Waals surface area contributed by atoms with E-state index in [2.05, 4.69) is 51.8 Å². The standard InChI is InChI=1S/C20H30N4O2S/c1-13(14-9-8-10-15(11-14)27(21,25)26)22-17-12-16(19(2,3)4)23-18(24-17)20(5,6)7/h8-13H,1-7H3,(H2,21,25,26)(H,22,23,24). The van der Waals surface area contributed by atoms with Gasteiger partial charge in [0.05, 0.1) is 10.6 Å². The second-order valence-corrected chi connectivity index (χ2v) is 10.5. The van der Waals surface area contributed by atoms with E-state index in [-0.39, 0.29) is 21.8 Å². The summed E-state index contributed by atoms with van der Waals surface area (Å²) in [6.45, 7) is 14.5. The first-order valence-electron chi connectivity index (χ1n) is 8.97. The third-order valence-electron chi connectivity index (χ3n) is 4.22. The van der Waals surface area contributed by atoms with Gasteiger partial charge in [-0.2, -0.15) is 0 Å². The van der Waals surface area contributed by atoms with Crippen molar-refractivity contribution in [1.82, 2.24) is 9.97 Å². The van der Waals surface area contributed by atoms with Gasteiger partial charge in [0, 0.05) is 22.9 Å². The molecule has 0 radical (unpaired) electrons. The molecule has 0 aliphatic heterocycles. The molecule has 0 amide bonds. The van der Waals surface area contributed by atoms with E-state index in [1.165, 1.54) is 6.07 Å². The molecule has 0 aliphatic rings. The number of hydrogen-bond donors (Lipinski definition) is 2. The van der Waals surface area contributed by atoms with Gasteiger partial charge >= 0.3 is 0 Å². The maximum absolute atomic E-state index is 11.6. The second kappa shape index (κ2) is 7.20. The molecule has 0 aliphatic carbocycles. The molecule has 1 atom stereocenters. The SMILES string of the molecule is CC(Nc1cc(C(C)(C)C)nc(C(C)(C)C)n1)c1cccc(S(N)(=O)=O)c1. The lowest BCUT2D eigenvalue weighted by atomic mass is 9.90. The number of nitrogens with one attached hydrogen (secondary N) is 1. The fourth-order valence-electron chi connectivity index (χ4n) is 2.51. The van der Waals surface area contributed by atoms with E-state index in [1.54, 1.807) is 12.1 Å². The third kappa shape index (κ3) is 5.49. The molecule has 3 N–H and O–H groups in total. The molecule has 0 fully saturated rings. The summed E-state index contributed by atoms with van der Waals surface area (Å²) >= 11 is 0. The monoisotopic (exact) mass is 390 g/mol. The Hall–Kier alpha value is -1.99. The van der Waals surface area contributed by atoms with E-state index in [4.69, 9.17) is 10.1 Å². The molecule has 1 aromatic carbocycles. The summed E-state index contributed by atoms with van der Waals surface area (Å²) in [6, 6.07) is 8.43. The maximum atomic E-state index is 11.6. The van der Waals surface area contributed by atoms with Crippen molar-refractivity contribution in [3.63, 3.8) is 0 Å². The van der Waals surface area contributed by atoms with Crippen LogP contribution in [0.25, 0.3) is 0 Å². The highest BCUT2D eigenvalue weighted by atomic mass is 32.2. The Labute approximate surface area is 162 Å². The molecule has 1 aromatic heterocycles. The molecular formula is C20H30N4O2S. The molecule has 1 unspecified atom stereocenters. The highest BCUT2D eigenvalue weighted by Crippen LogP contribution is 2.28. The van der Waals surface area contributed by atoms with Gasteiger partial charge in [-0.05, 0) is 24.6 Å². The summed E-state index contributed by atoms with van der Waals surface area (Å²) in [5, 5.41) is 8.62. The summed E-state index contributed by atoms with van der Waals surface area (Å²) in [4.78, 5) is 9.54. The van der Waals surface area contributed by atoms with E-state index < -0.39 is 10.0 Å². The lowest BCUT2D eigenvalue weighted by Gasteiger charge is -2.25. The Kier molecular flexibility index (Phi) is 5.69. The fraction of sp³-hybridized carbons (Fsp3) is 0.500. The Morgan fingerprint density at radius 1 is 1.00 bits per heavy atom. The normalized spacial score (nSPS) is 14.1. The van der Waals surface area contributed by atoms with Crippen LogP contribution in [0.2, 0.25) is 0 Å². The minimum atomic E-state index is -3.74. The molecule has 2 aromatic rings. The van der Waals surface area contributed by atoms with Crippen LogP contribution in [0, 0.1) is 0 Å². The van der Waals surface area contributed by atoms with Crippen molar-refractivity contribution < 1.29 is 8.42 Å². The Balaban J connectivity index is 2.42. The maximum Gasteiger partial charge on any atom is 0.238 e. The number of primary sulfonamides is 1.